The van der Waals surface area contributed by atoms with Crippen molar-refractivity contribution in [2.75, 3.05) is 13.1 Å². The summed E-state index contributed by atoms with van der Waals surface area (Å²) in [7, 11) is 0. The summed E-state index contributed by atoms with van der Waals surface area (Å²) < 4.78 is 5.25. The fraction of sp³-hybridized carbons (Fsp3) is 0.929. The van der Waals surface area contributed by atoms with Crippen LogP contribution in [0.4, 0.5) is 4.79 Å². The van der Waals surface area contributed by atoms with Crippen molar-refractivity contribution < 1.29 is 9.53 Å². The number of hydrogen-bond acceptors (Lipinski definition) is 3. The number of cyclic esters (lactones) is 1. The smallest absolute Gasteiger partial charge is 0.410 e. The van der Waals surface area contributed by atoms with Crippen molar-refractivity contribution in [2.45, 2.75) is 70.9 Å². The van der Waals surface area contributed by atoms with E-state index < -0.39 is 0 Å². The van der Waals surface area contributed by atoms with Crippen LogP contribution in [0.15, 0.2) is 0 Å². The molecular formula is C14H28N2O2. The van der Waals surface area contributed by atoms with Crippen molar-refractivity contribution in [3.05, 3.63) is 0 Å². The fourth-order valence-electron chi connectivity index (χ4n) is 2.49. The molecule has 0 saturated carbocycles. The number of ether oxygens (including phenoxy) is 1. The Kier molecular flexibility index (Phi) is 7.09. The van der Waals surface area contributed by atoms with E-state index in [-0.39, 0.29) is 12.2 Å². The van der Waals surface area contributed by atoms with Crippen LogP contribution in [0.2, 0.25) is 0 Å². The van der Waals surface area contributed by atoms with E-state index in [0.717, 1.165) is 12.8 Å². The number of unbranched alkanes of at least 4 members (excludes halogenated alkanes) is 3. The van der Waals surface area contributed by atoms with E-state index in [1.165, 1.54) is 32.1 Å². The predicted molar refractivity (Wildman–Crippen MR) is 73.5 cm³/mol. The number of hydrogen-bond donors (Lipinski definition) is 1. The molecule has 0 spiro atoms. The van der Waals surface area contributed by atoms with Crippen molar-refractivity contribution >= 4 is 6.09 Å². The average Bonchev–Trinajstić information content (AvgIpc) is 2.75. The normalized spacial score (nSPS) is 21.2. The summed E-state index contributed by atoms with van der Waals surface area (Å²) in [5, 5.41) is 0. The third-order valence-electron chi connectivity index (χ3n) is 3.64. The van der Waals surface area contributed by atoms with Crippen LogP contribution in [0.3, 0.4) is 0 Å². The van der Waals surface area contributed by atoms with Gasteiger partial charge in [0.25, 0.3) is 0 Å². The van der Waals surface area contributed by atoms with Gasteiger partial charge in [0.15, 0.2) is 0 Å². The molecule has 1 fully saturated rings. The van der Waals surface area contributed by atoms with E-state index in [0.29, 0.717) is 19.1 Å². The molecule has 0 bridgehead atoms. The number of carbonyl (C=O) groups is 1. The van der Waals surface area contributed by atoms with Crippen molar-refractivity contribution in [3.8, 4) is 0 Å². The standard InChI is InChI=1S/C14H28N2O2/c1-3-5-7-9-12(8-6-4-2)16-11-13(10-15)18-14(16)17/h12-13H,3-11,15H2,1-2H3/t12?,13-/m0/s1. The minimum Gasteiger partial charge on any atom is -0.443 e. The second-order valence-corrected chi connectivity index (χ2v) is 5.19. The van der Waals surface area contributed by atoms with Gasteiger partial charge in [0, 0.05) is 12.6 Å². The quantitative estimate of drug-likeness (QED) is 0.645. The molecule has 1 aliphatic heterocycles. The largest absolute Gasteiger partial charge is 0.443 e. The molecule has 1 aliphatic rings. The first-order chi connectivity index (χ1) is 8.72. The van der Waals surface area contributed by atoms with Gasteiger partial charge in [-0.1, -0.05) is 46.0 Å². The molecule has 1 saturated heterocycles. The van der Waals surface area contributed by atoms with Gasteiger partial charge in [-0.25, -0.2) is 4.79 Å². The van der Waals surface area contributed by atoms with Gasteiger partial charge in [0.1, 0.15) is 6.10 Å². The zero-order valence-electron chi connectivity index (χ0n) is 11.9. The highest BCUT2D eigenvalue weighted by Crippen LogP contribution is 2.22. The third-order valence-corrected chi connectivity index (χ3v) is 3.64. The molecule has 0 aromatic heterocycles. The first-order valence-corrected chi connectivity index (χ1v) is 7.40. The number of rotatable bonds is 9. The molecule has 1 rings (SSSR count). The molecule has 18 heavy (non-hydrogen) atoms. The van der Waals surface area contributed by atoms with E-state index in [1.807, 2.05) is 4.90 Å². The van der Waals surface area contributed by atoms with Crippen LogP contribution in [0.1, 0.15) is 58.8 Å². The topological polar surface area (TPSA) is 55.6 Å². The molecule has 0 aromatic rings. The Hall–Kier alpha value is -0.770. The molecule has 0 aromatic carbocycles. The van der Waals surface area contributed by atoms with Crippen molar-refractivity contribution in [2.24, 2.45) is 5.73 Å². The number of nitrogens with two attached hydrogens (primary N) is 1. The summed E-state index contributed by atoms with van der Waals surface area (Å²) in [6, 6.07) is 0.348. The van der Waals surface area contributed by atoms with Crippen LogP contribution in [0.25, 0.3) is 0 Å². The highest BCUT2D eigenvalue weighted by molar-refractivity contribution is 5.70. The minimum absolute atomic E-state index is 0.104. The van der Waals surface area contributed by atoms with Gasteiger partial charge in [-0.2, -0.15) is 0 Å². The van der Waals surface area contributed by atoms with Gasteiger partial charge in [0.2, 0.25) is 0 Å². The Morgan fingerprint density at radius 1 is 1.28 bits per heavy atom. The zero-order valence-corrected chi connectivity index (χ0v) is 11.9. The summed E-state index contributed by atoms with van der Waals surface area (Å²) >= 11 is 0. The predicted octanol–water partition coefficient (Wildman–Crippen LogP) is 2.91. The molecule has 0 aliphatic carbocycles. The van der Waals surface area contributed by atoms with Crippen molar-refractivity contribution in [3.63, 3.8) is 0 Å². The van der Waals surface area contributed by atoms with Crippen LogP contribution in [-0.2, 0) is 4.74 Å². The van der Waals surface area contributed by atoms with Crippen molar-refractivity contribution in [1.82, 2.24) is 4.90 Å². The second kappa shape index (κ2) is 8.35. The van der Waals surface area contributed by atoms with Crippen LogP contribution >= 0.6 is 0 Å². The summed E-state index contributed by atoms with van der Waals surface area (Å²) in [5.74, 6) is 0. The lowest BCUT2D eigenvalue weighted by Crippen LogP contribution is -2.37. The fourth-order valence-corrected chi connectivity index (χ4v) is 2.49. The van der Waals surface area contributed by atoms with Crippen LogP contribution in [0, 0.1) is 0 Å². The van der Waals surface area contributed by atoms with Crippen LogP contribution < -0.4 is 5.73 Å². The molecular weight excluding hydrogens is 228 g/mol. The highest BCUT2D eigenvalue weighted by Gasteiger charge is 2.34. The summed E-state index contributed by atoms with van der Waals surface area (Å²) in [6.45, 7) is 5.50. The molecule has 0 radical (unpaired) electrons. The lowest BCUT2D eigenvalue weighted by Gasteiger charge is -2.25. The SMILES string of the molecule is CCCCCC(CCCC)N1C[C@H](CN)OC1=O. The number of nitrogens with zero attached hydrogens (tertiary/aromatic N) is 1. The zero-order chi connectivity index (χ0) is 13.4. The van der Waals surface area contributed by atoms with E-state index in [1.54, 1.807) is 0 Å². The van der Waals surface area contributed by atoms with Crippen LogP contribution in [-0.4, -0.2) is 36.2 Å². The van der Waals surface area contributed by atoms with Gasteiger partial charge in [-0.05, 0) is 12.8 Å². The number of amides is 1. The molecule has 1 unspecified atom stereocenters. The Morgan fingerprint density at radius 2 is 1.94 bits per heavy atom. The Balaban J connectivity index is 2.49. The van der Waals surface area contributed by atoms with Crippen molar-refractivity contribution in [1.29, 1.82) is 0 Å². The summed E-state index contributed by atoms with van der Waals surface area (Å²) in [4.78, 5) is 13.7. The maximum atomic E-state index is 11.8. The third kappa shape index (κ3) is 4.48. The Labute approximate surface area is 111 Å². The van der Waals surface area contributed by atoms with Gasteiger partial charge >= 0.3 is 6.09 Å². The minimum atomic E-state index is -0.164. The average molecular weight is 256 g/mol. The lowest BCUT2D eigenvalue weighted by molar-refractivity contribution is 0.127. The molecule has 2 N–H and O–H groups in total. The second-order valence-electron chi connectivity index (χ2n) is 5.19. The molecule has 1 amide bonds. The molecule has 2 atom stereocenters. The Bertz CT molecular complexity index is 246. The highest BCUT2D eigenvalue weighted by atomic mass is 16.6. The van der Waals surface area contributed by atoms with E-state index in [2.05, 4.69) is 13.8 Å². The summed E-state index contributed by atoms with van der Waals surface area (Å²) in [5.41, 5.74) is 5.58. The van der Waals surface area contributed by atoms with E-state index in [4.69, 9.17) is 10.5 Å². The maximum Gasteiger partial charge on any atom is 0.410 e. The molecule has 4 nitrogen and oxygen atoms in total. The first kappa shape index (κ1) is 15.3. The molecule has 106 valence electrons. The van der Waals surface area contributed by atoms with Gasteiger partial charge in [-0.3, -0.25) is 0 Å². The number of carbonyl (C=O) groups excluding carboxylic acids is 1. The van der Waals surface area contributed by atoms with Gasteiger partial charge < -0.3 is 15.4 Å². The first-order valence-electron chi connectivity index (χ1n) is 7.40. The monoisotopic (exact) mass is 256 g/mol. The van der Waals surface area contributed by atoms with E-state index in [9.17, 15) is 4.79 Å². The molecule has 1 heterocycles. The summed E-state index contributed by atoms with van der Waals surface area (Å²) in [6.07, 6.45) is 7.93. The van der Waals surface area contributed by atoms with Crippen LogP contribution in [0.5, 0.6) is 0 Å². The Morgan fingerprint density at radius 3 is 2.50 bits per heavy atom. The maximum absolute atomic E-state index is 11.8. The van der Waals surface area contributed by atoms with Gasteiger partial charge in [-0.15, -0.1) is 0 Å². The molecule has 4 heteroatoms. The van der Waals surface area contributed by atoms with Gasteiger partial charge in [0.05, 0.1) is 6.54 Å². The lowest BCUT2D eigenvalue weighted by atomic mass is 10.0. The van der Waals surface area contributed by atoms with E-state index >= 15 is 0 Å².